The summed E-state index contributed by atoms with van der Waals surface area (Å²) in [5.74, 6) is 3.52. The highest BCUT2D eigenvalue weighted by Crippen LogP contribution is 2.50. The van der Waals surface area contributed by atoms with Crippen LogP contribution in [0.3, 0.4) is 0 Å². The second-order valence-electron chi connectivity index (χ2n) is 3.72. The Morgan fingerprint density at radius 1 is 1.15 bits per heavy atom. The highest BCUT2D eigenvalue weighted by Gasteiger charge is 2.28. The van der Waals surface area contributed by atoms with E-state index in [0.29, 0.717) is 13.2 Å². The van der Waals surface area contributed by atoms with Gasteiger partial charge in [0.25, 0.3) is 0 Å². The second kappa shape index (κ2) is 8.65. The largest absolute Gasteiger partial charge is 0.481 e. The fourth-order valence-corrected chi connectivity index (χ4v) is 2.65. The molecule has 0 amide bonds. The van der Waals surface area contributed by atoms with Gasteiger partial charge in [0.15, 0.2) is 6.61 Å². The van der Waals surface area contributed by atoms with E-state index in [2.05, 4.69) is 12.0 Å². The average Bonchev–Trinajstić information content (AvgIpc) is 2.45. The van der Waals surface area contributed by atoms with Gasteiger partial charge in [-0.05, 0) is 31.9 Å². The lowest BCUT2D eigenvalue weighted by molar-refractivity contribution is 0.192. The lowest BCUT2D eigenvalue weighted by atomic mass is 10.3. The van der Waals surface area contributed by atoms with Crippen molar-refractivity contribution in [2.24, 2.45) is 0 Å². The second-order valence-corrected chi connectivity index (χ2v) is 5.77. The van der Waals surface area contributed by atoms with E-state index >= 15 is 0 Å². The molecule has 0 heterocycles. The molecule has 0 saturated heterocycles. The van der Waals surface area contributed by atoms with E-state index in [1.54, 1.807) is 20.9 Å². The van der Waals surface area contributed by atoms with Crippen LogP contribution in [0.25, 0.3) is 0 Å². The summed E-state index contributed by atoms with van der Waals surface area (Å²) in [4.78, 5) is 0. The van der Waals surface area contributed by atoms with E-state index in [9.17, 15) is 4.57 Å². The van der Waals surface area contributed by atoms with Crippen molar-refractivity contribution in [3.8, 4) is 17.7 Å². The summed E-state index contributed by atoms with van der Waals surface area (Å²) < 4.78 is 29.3. The molecule has 0 N–H and O–H groups in total. The summed E-state index contributed by atoms with van der Waals surface area (Å²) >= 11 is 0. The molecule has 1 aromatic rings. The fourth-order valence-electron chi connectivity index (χ4n) is 1.38. The molecule has 110 valence electrons. The molecule has 20 heavy (non-hydrogen) atoms. The van der Waals surface area contributed by atoms with Crippen LogP contribution in [0.2, 0.25) is 0 Å². The number of nitrogens with zero attached hydrogens (tertiary/aromatic N) is 1. The normalized spacial score (nSPS) is 10.6. The summed E-state index contributed by atoms with van der Waals surface area (Å²) in [6.07, 6.45) is 0. The first kappa shape index (κ1) is 16.6. The molecule has 6 heteroatoms. The molecule has 0 aliphatic heterocycles. The molecule has 0 bridgehead atoms. The van der Waals surface area contributed by atoms with Crippen molar-refractivity contribution in [2.75, 3.05) is 26.9 Å². The van der Waals surface area contributed by atoms with Gasteiger partial charge in [-0.15, -0.1) is 0 Å². The molecule has 1 aromatic carbocycles. The number of hydrogen-bond acceptors (Lipinski definition) is 4. The minimum absolute atomic E-state index is 0.201. The molecule has 0 unspecified atom stereocenters. The Morgan fingerprint density at radius 3 is 2.30 bits per heavy atom. The quantitative estimate of drug-likeness (QED) is 0.439. The average molecular weight is 297 g/mol. The summed E-state index contributed by atoms with van der Waals surface area (Å²) in [5, 5.41) is 0. The molecule has 0 saturated carbocycles. The van der Waals surface area contributed by atoms with E-state index < -0.39 is 7.75 Å². The Kier molecular flexibility index (Phi) is 7.17. The zero-order valence-corrected chi connectivity index (χ0v) is 12.9. The van der Waals surface area contributed by atoms with Gasteiger partial charge in [-0.2, -0.15) is 0 Å². The topological polar surface area (TPSA) is 48.0 Å². The van der Waals surface area contributed by atoms with Crippen molar-refractivity contribution in [1.82, 2.24) is 4.67 Å². The Hall–Kier alpha value is -1.47. The summed E-state index contributed by atoms with van der Waals surface area (Å²) in [6, 6.07) is 12.1. The van der Waals surface area contributed by atoms with Gasteiger partial charge in [-0.3, -0.25) is 9.05 Å². The third-order valence-electron chi connectivity index (χ3n) is 2.25. The maximum absolute atomic E-state index is 12.3. The van der Waals surface area contributed by atoms with Gasteiger partial charge in [-0.25, -0.2) is 9.24 Å². The van der Waals surface area contributed by atoms with Crippen molar-refractivity contribution in [3.05, 3.63) is 30.3 Å². The van der Waals surface area contributed by atoms with Gasteiger partial charge in [0.05, 0.1) is 13.2 Å². The molecular formula is C14H20NO4P. The van der Waals surface area contributed by atoms with Crippen LogP contribution >= 0.6 is 7.75 Å². The molecule has 5 nitrogen and oxygen atoms in total. The van der Waals surface area contributed by atoms with E-state index in [1.807, 2.05) is 30.3 Å². The Bertz CT molecular complexity index is 485. The minimum atomic E-state index is -3.32. The van der Waals surface area contributed by atoms with Crippen LogP contribution < -0.4 is 4.74 Å². The highest BCUT2D eigenvalue weighted by atomic mass is 31.2. The van der Waals surface area contributed by atoms with Gasteiger partial charge >= 0.3 is 7.75 Å². The Morgan fingerprint density at radius 2 is 1.75 bits per heavy atom. The zero-order chi connectivity index (χ0) is 14.8. The number of para-hydroxylation sites is 1. The van der Waals surface area contributed by atoms with Crippen molar-refractivity contribution < 1.29 is 18.3 Å². The summed E-state index contributed by atoms with van der Waals surface area (Å²) in [7, 11) is -1.75. The lowest BCUT2D eigenvalue weighted by Crippen LogP contribution is -2.13. The highest BCUT2D eigenvalue weighted by molar-refractivity contribution is 7.51. The summed E-state index contributed by atoms with van der Waals surface area (Å²) in [6.45, 7) is 4.30. The molecule has 0 aromatic heterocycles. The number of ether oxygens (including phenoxy) is 1. The zero-order valence-electron chi connectivity index (χ0n) is 12.0. The molecular weight excluding hydrogens is 277 g/mol. The summed E-state index contributed by atoms with van der Waals surface area (Å²) in [5.41, 5.74) is 0. The van der Waals surface area contributed by atoms with Gasteiger partial charge in [-0.1, -0.05) is 18.2 Å². The van der Waals surface area contributed by atoms with Gasteiger partial charge in [0.2, 0.25) is 0 Å². The first-order chi connectivity index (χ1) is 9.62. The van der Waals surface area contributed by atoms with Gasteiger partial charge < -0.3 is 4.74 Å². The molecule has 0 fully saturated rings. The van der Waals surface area contributed by atoms with E-state index in [-0.39, 0.29) is 6.61 Å². The smallest absolute Gasteiger partial charge is 0.442 e. The van der Waals surface area contributed by atoms with Crippen LogP contribution in [-0.4, -0.2) is 31.5 Å². The van der Waals surface area contributed by atoms with Gasteiger partial charge in [0, 0.05) is 13.1 Å². The number of hydrogen-bond donors (Lipinski definition) is 0. The maximum atomic E-state index is 12.3. The first-order valence-electron chi connectivity index (χ1n) is 6.42. The third kappa shape index (κ3) is 5.26. The molecule has 1 rings (SSSR count). The van der Waals surface area contributed by atoms with Crippen LogP contribution in [0.1, 0.15) is 13.8 Å². The van der Waals surface area contributed by atoms with Gasteiger partial charge in [0.1, 0.15) is 5.75 Å². The minimum Gasteiger partial charge on any atom is -0.481 e. The number of rotatable bonds is 7. The maximum Gasteiger partial charge on any atom is 0.442 e. The van der Waals surface area contributed by atoms with Crippen LogP contribution in [0.5, 0.6) is 5.75 Å². The third-order valence-corrected chi connectivity index (χ3v) is 4.25. The molecule has 0 spiro atoms. The molecule has 0 atom stereocenters. The van der Waals surface area contributed by atoms with Crippen molar-refractivity contribution in [2.45, 2.75) is 13.8 Å². The van der Waals surface area contributed by atoms with Crippen molar-refractivity contribution >= 4 is 7.75 Å². The van der Waals surface area contributed by atoms with Crippen LogP contribution in [0.15, 0.2) is 30.3 Å². The monoisotopic (exact) mass is 297 g/mol. The predicted molar refractivity (Wildman–Crippen MR) is 78.3 cm³/mol. The van der Waals surface area contributed by atoms with Crippen molar-refractivity contribution in [3.63, 3.8) is 0 Å². The SMILES string of the molecule is CCOP(=O)(OCC)N(C)C#CCOc1ccccc1. The van der Waals surface area contributed by atoms with Crippen LogP contribution in [0.4, 0.5) is 0 Å². The van der Waals surface area contributed by atoms with Crippen molar-refractivity contribution in [1.29, 1.82) is 0 Å². The van der Waals surface area contributed by atoms with E-state index in [4.69, 9.17) is 13.8 Å². The number of benzene rings is 1. The lowest BCUT2D eigenvalue weighted by Gasteiger charge is -2.22. The molecule has 0 aliphatic carbocycles. The first-order valence-corrected chi connectivity index (χ1v) is 7.91. The Labute approximate surface area is 120 Å². The standard InChI is InChI=1S/C14H20NO4P/c1-4-18-20(16,19-5-2)15(3)12-9-13-17-14-10-7-6-8-11-14/h6-8,10-11H,4-5,13H2,1-3H3. The fraction of sp³-hybridized carbons (Fsp3) is 0.429. The van der Waals surface area contributed by atoms with E-state index in [0.717, 1.165) is 5.75 Å². The molecule has 0 aliphatic rings. The molecule has 0 radical (unpaired) electrons. The van der Waals surface area contributed by atoms with Crippen LogP contribution in [-0.2, 0) is 13.6 Å². The Balaban J connectivity index is 2.54. The van der Waals surface area contributed by atoms with E-state index in [1.165, 1.54) is 4.67 Å². The predicted octanol–water partition coefficient (Wildman–Crippen LogP) is 3.14. The van der Waals surface area contributed by atoms with Crippen LogP contribution in [0, 0.1) is 12.0 Å².